The number of anilines is 1. The summed E-state index contributed by atoms with van der Waals surface area (Å²) in [5, 5.41) is 3.33. The summed E-state index contributed by atoms with van der Waals surface area (Å²) in [5.74, 6) is 0.586. The third-order valence-corrected chi connectivity index (χ3v) is 4.95. The Labute approximate surface area is 143 Å². The average Bonchev–Trinajstić information content (AvgIpc) is 2.57. The van der Waals surface area contributed by atoms with Gasteiger partial charge in [-0.2, -0.15) is 0 Å². The van der Waals surface area contributed by atoms with E-state index < -0.39 is 0 Å². The van der Waals surface area contributed by atoms with Gasteiger partial charge in [-0.3, -0.25) is 0 Å². The van der Waals surface area contributed by atoms with E-state index in [2.05, 4.69) is 22.2 Å². The zero-order valence-electron chi connectivity index (χ0n) is 14.4. The fourth-order valence-electron chi connectivity index (χ4n) is 3.36. The van der Waals surface area contributed by atoms with Gasteiger partial charge in [0.25, 0.3) is 0 Å². The number of hydrogen-bond donors (Lipinski definition) is 2. The molecule has 2 atom stereocenters. The molecule has 0 aromatic heterocycles. The molecule has 3 N–H and O–H groups in total. The Morgan fingerprint density at radius 1 is 1.21 bits per heavy atom. The van der Waals surface area contributed by atoms with E-state index in [-0.39, 0.29) is 17.9 Å². The van der Waals surface area contributed by atoms with Crippen molar-refractivity contribution in [3.05, 3.63) is 30.1 Å². The quantitative estimate of drug-likeness (QED) is 0.643. The van der Waals surface area contributed by atoms with Crippen LogP contribution in [0.25, 0.3) is 0 Å². The van der Waals surface area contributed by atoms with Gasteiger partial charge in [-0.25, -0.2) is 9.38 Å². The van der Waals surface area contributed by atoms with Crippen LogP contribution in [0.15, 0.2) is 29.3 Å². The van der Waals surface area contributed by atoms with Crippen molar-refractivity contribution >= 4 is 11.6 Å². The number of nitrogens with zero attached hydrogens (tertiary/aromatic N) is 3. The first-order chi connectivity index (χ1) is 11.6. The van der Waals surface area contributed by atoms with Gasteiger partial charge < -0.3 is 20.9 Å². The molecule has 1 heterocycles. The van der Waals surface area contributed by atoms with E-state index in [1.165, 1.54) is 25.0 Å². The number of guanidine groups is 1. The molecule has 0 spiro atoms. The Balaban J connectivity index is 1.79. The number of nitrogens with one attached hydrogen (secondary N) is 1. The van der Waals surface area contributed by atoms with Crippen LogP contribution in [0.2, 0.25) is 0 Å². The van der Waals surface area contributed by atoms with Crippen LogP contribution < -0.4 is 11.1 Å². The average molecular weight is 333 g/mol. The standard InChI is InChI=1S/C18H28FN5/c1-23-9-11-24(12-10-23)18(21-15-6-4-5-14(19)13-15)22-17-8-3-2-7-16(17)20/h4-6,13,16-17H,2-3,7-12,20H2,1H3,(H,21,22)/t16-,17-/m0/s1. The molecule has 2 aliphatic rings. The number of nitrogens with two attached hydrogens (primary N) is 1. The van der Waals surface area contributed by atoms with E-state index in [0.29, 0.717) is 0 Å². The summed E-state index contributed by atoms with van der Waals surface area (Å²) >= 11 is 0. The molecule has 24 heavy (non-hydrogen) atoms. The summed E-state index contributed by atoms with van der Waals surface area (Å²) in [5.41, 5.74) is 7.01. The molecule has 2 fully saturated rings. The van der Waals surface area contributed by atoms with Crippen LogP contribution in [0.4, 0.5) is 10.1 Å². The van der Waals surface area contributed by atoms with Crippen LogP contribution in [-0.2, 0) is 0 Å². The second-order valence-corrected chi connectivity index (χ2v) is 6.89. The lowest BCUT2D eigenvalue weighted by Gasteiger charge is -2.36. The highest BCUT2D eigenvalue weighted by molar-refractivity contribution is 5.94. The molecule has 1 aliphatic heterocycles. The van der Waals surface area contributed by atoms with Crippen LogP contribution >= 0.6 is 0 Å². The van der Waals surface area contributed by atoms with Crippen molar-refractivity contribution in [1.82, 2.24) is 9.80 Å². The van der Waals surface area contributed by atoms with Gasteiger partial charge in [-0.15, -0.1) is 0 Å². The molecular weight excluding hydrogens is 305 g/mol. The SMILES string of the molecule is CN1CCN(C(=N[C@H]2CCCC[C@@H]2N)Nc2cccc(F)c2)CC1. The van der Waals surface area contributed by atoms with Crippen LogP contribution in [0.5, 0.6) is 0 Å². The smallest absolute Gasteiger partial charge is 0.198 e. The van der Waals surface area contributed by atoms with E-state index >= 15 is 0 Å². The maximum atomic E-state index is 13.5. The third kappa shape index (κ3) is 4.45. The minimum Gasteiger partial charge on any atom is -0.340 e. The summed E-state index contributed by atoms with van der Waals surface area (Å²) in [6.45, 7) is 3.83. The molecule has 0 bridgehead atoms. The maximum absolute atomic E-state index is 13.5. The first-order valence-corrected chi connectivity index (χ1v) is 8.91. The summed E-state index contributed by atoms with van der Waals surface area (Å²) in [7, 11) is 2.13. The molecule has 0 radical (unpaired) electrons. The lowest BCUT2D eigenvalue weighted by atomic mass is 9.91. The van der Waals surface area contributed by atoms with Crippen molar-refractivity contribution in [2.24, 2.45) is 10.7 Å². The van der Waals surface area contributed by atoms with E-state index in [1.54, 1.807) is 6.07 Å². The molecule has 1 aliphatic carbocycles. The van der Waals surface area contributed by atoms with Crippen LogP contribution in [-0.4, -0.2) is 61.1 Å². The predicted molar refractivity (Wildman–Crippen MR) is 96.8 cm³/mol. The highest BCUT2D eigenvalue weighted by Crippen LogP contribution is 2.21. The predicted octanol–water partition coefficient (Wildman–Crippen LogP) is 2.11. The Hall–Kier alpha value is -1.66. The molecule has 1 saturated heterocycles. The van der Waals surface area contributed by atoms with Gasteiger partial charge in [0.2, 0.25) is 0 Å². The van der Waals surface area contributed by atoms with E-state index in [1.807, 2.05) is 6.07 Å². The van der Waals surface area contributed by atoms with Gasteiger partial charge in [0.05, 0.1) is 6.04 Å². The first kappa shape index (κ1) is 17.2. The highest BCUT2D eigenvalue weighted by Gasteiger charge is 2.24. The third-order valence-electron chi connectivity index (χ3n) is 4.95. The van der Waals surface area contributed by atoms with Crippen molar-refractivity contribution in [2.45, 2.75) is 37.8 Å². The molecule has 1 saturated carbocycles. The molecule has 5 nitrogen and oxygen atoms in total. The monoisotopic (exact) mass is 333 g/mol. The summed E-state index contributed by atoms with van der Waals surface area (Å²) < 4.78 is 13.5. The van der Waals surface area contributed by atoms with Gasteiger partial charge in [0.1, 0.15) is 5.82 Å². The zero-order valence-corrected chi connectivity index (χ0v) is 14.4. The van der Waals surface area contributed by atoms with Crippen molar-refractivity contribution in [2.75, 3.05) is 38.5 Å². The fourth-order valence-corrected chi connectivity index (χ4v) is 3.36. The molecule has 3 rings (SSSR count). The van der Waals surface area contributed by atoms with Crippen molar-refractivity contribution in [1.29, 1.82) is 0 Å². The number of likely N-dealkylation sites (N-methyl/N-ethyl adjacent to an activating group) is 1. The number of rotatable bonds is 2. The minimum absolute atomic E-state index is 0.121. The number of piperazine rings is 1. The lowest BCUT2D eigenvalue weighted by molar-refractivity contribution is 0.214. The largest absolute Gasteiger partial charge is 0.340 e. The Kier molecular flexibility index (Phi) is 5.68. The summed E-state index contributed by atoms with van der Waals surface area (Å²) in [4.78, 5) is 9.52. The number of benzene rings is 1. The second-order valence-electron chi connectivity index (χ2n) is 6.89. The Morgan fingerprint density at radius 3 is 2.67 bits per heavy atom. The van der Waals surface area contributed by atoms with Gasteiger partial charge in [0.15, 0.2) is 5.96 Å². The molecular formula is C18H28FN5. The van der Waals surface area contributed by atoms with E-state index in [4.69, 9.17) is 10.7 Å². The lowest BCUT2D eigenvalue weighted by Crippen LogP contribution is -2.50. The van der Waals surface area contributed by atoms with Gasteiger partial charge in [-0.05, 0) is 38.1 Å². The molecule has 132 valence electrons. The first-order valence-electron chi connectivity index (χ1n) is 8.91. The van der Waals surface area contributed by atoms with Crippen LogP contribution in [0.1, 0.15) is 25.7 Å². The van der Waals surface area contributed by atoms with Crippen molar-refractivity contribution in [3.8, 4) is 0 Å². The fraction of sp³-hybridized carbons (Fsp3) is 0.611. The zero-order chi connectivity index (χ0) is 16.9. The van der Waals surface area contributed by atoms with Gasteiger partial charge >= 0.3 is 0 Å². The molecule has 1 aromatic rings. The Bertz CT molecular complexity index is 568. The molecule has 0 amide bonds. The minimum atomic E-state index is -0.243. The van der Waals surface area contributed by atoms with E-state index in [0.717, 1.165) is 50.7 Å². The second kappa shape index (κ2) is 7.94. The molecule has 0 unspecified atom stereocenters. The number of aliphatic imine (C=N–C) groups is 1. The van der Waals surface area contributed by atoms with Crippen molar-refractivity contribution < 1.29 is 4.39 Å². The number of hydrogen-bond acceptors (Lipinski definition) is 3. The van der Waals surface area contributed by atoms with Crippen LogP contribution in [0, 0.1) is 5.82 Å². The Morgan fingerprint density at radius 2 is 1.96 bits per heavy atom. The normalized spacial score (nSPS) is 26.5. The van der Waals surface area contributed by atoms with Crippen molar-refractivity contribution in [3.63, 3.8) is 0 Å². The number of halogens is 1. The van der Waals surface area contributed by atoms with Crippen LogP contribution in [0.3, 0.4) is 0 Å². The maximum Gasteiger partial charge on any atom is 0.198 e. The summed E-state index contributed by atoms with van der Waals surface area (Å²) in [6.07, 6.45) is 4.43. The highest BCUT2D eigenvalue weighted by atomic mass is 19.1. The van der Waals surface area contributed by atoms with Gasteiger partial charge in [-0.1, -0.05) is 18.9 Å². The van der Waals surface area contributed by atoms with E-state index in [9.17, 15) is 4.39 Å². The molecule has 6 heteroatoms. The topological polar surface area (TPSA) is 56.9 Å². The molecule has 1 aromatic carbocycles. The summed E-state index contributed by atoms with van der Waals surface area (Å²) in [6, 6.07) is 6.81. The van der Waals surface area contributed by atoms with Gasteiger partial charge in [0, 0.05) is 37.9 Å².